The fourth-order valence-corrected chi connectivity index (χ4v) is 4.90. The van der Waals surface area contributed by atoms with E-state index in [1.165, 1.54) is 11.0 Å². The van der Waals surface area contributed by atoms with Gasteiger partial charge in [-0.3, -0.25) is 15.0 Å². The van der Waals surface area contributed by atoms with E-state index in [0.29, 0.717) is 0 Å². The quantitative estimate of drug-likeness (QED) is 0.684. The fraction of sp³-hybridized carbons (Fsp3) is 0.190. The van der Waals surface area contributed by atoms with E-state index in [4.69, 9.17) is 15.0 Å². The molecule has 0 bridgehead atoms. The van der Waals surface area contributed by atoms with Crippen LogP contribution in [0.1, 0.15) is 12.6 Å². The molecular formula is C21H23BN4. The molecule has 26 heavy (non-hydrogen) atoms. The van der Waals surface area contributed by atoms with E-state index in [0.717, 1.165) is 27.8 Å². The highest BCUT2D eigenvalue weighted by Gasteiger charge is 2.55. The van der Waals surface area contributed by atoms with Gasteiger partial charge in [-0.2, -0.15) is 0 Å². The molecule has 0 aliphatic carbocycles. The Labute approximate surface area is 154 Å². The third kappa shape index (κ3) is 2.31. The monoisotopic (exact) mass is 342 g/mol. The minimum Gasteiger partial charge on any atom is -0.503 e. The van der Waals surface area contributed by atoms with Crippen molar-refractivity contribution in [2.24, 2.45) is 0 Å². The van der Waals surface area contributed by atoms with Gasteiger partial charge in [0.25, 0.3) is 0 Å². The van der Waals surface area contributed by atoms with E-state index in [1.807, 2.05) is 36.8 Å². The molecule has 0 saturated heterocycles. The summed E-state index contributed by atoms with van der Waals surface area (Å²) in [6.07, 6.45) is 4.22. The van der Waals surface area contributed by atoms with E-state index < -0.39 is 6.28 Å². The van der Waals surface area contributed by atoms with Crippen LogP contribution in [0, 0.1) is 0 Å². The molecule has 4 rings (SSSR count). The number of pyridine rings is 3. The van der Waals surface area contributed by atoms with E-state index in [1.54, 1.807) is 0 Å². The molecule has 0 aromatic carbocycles. The Morgan fingerprint density at radius 3 is 1.77 bits per heavy atom. The van der Waals surface area contributed by atoms with Gasteiger partial charge in [0.05, 0.1) is 6.54 Å². The molecule has 0 radical (unpaired) electrons. The number of aromatic nitrogens is 3. The summed E-state index contributed by atoms with van der Waals surface area (Å²) >= 11 is 0. The second-order valence-corrected chi connectivity index (χ2v) is 7.68. The predicted octanol–water partition coefficient (Wildman–Crippen LogP) is 2.03. The van der Waals surface area contributed by atoms with Gasteiger partial charge in [0.15, 0.2) is 0 Å². The highest BCUT2D eigenvalue weighted by atomic mass is 15.3. The lowest BCUT2D eigenvalue weighted by Crippen LogP contribution is -2.76. The molecule has 1 aliphatic rings. The lowest BCUT2D eigenvalue weighted by molar-refractivity contribution is -0.777. The normalized spacial score (nSPS) is 18.1. The van der Waals surface area contributed by atoms with Crippen molar-refractivity contribution in [3.63, 3.8) is 0 Å². The molecule has 1 aliphatic heterocycles. The Balaban J connectivity index is 2.11. The second-order valence-electron chi connectivity index (χ2n) is 7.68. The molecule has 5 heteroatoms. The molecule has 0 spiro atoms. The molecule has 0 atom stereocenters. The zero-order valence-corrected chi connectivity index (χ0v) is 15.5. The Hall–Kier alpha value is -2.79. The maximum Gasteiger partial charge on any atom is 0.327 e. The van der Waals surface area contributed by atoms with E-state index in [-0.39, 0.29) is 0 Å². The lowest BCUT2D eigenvalue weighted by Gasteiger charge is -2.51. The van der Waals surface area contributed by atoms with Crippen molar-refractivity contribution < 1.29 is 4.39 Å². The zero-order valence-electron chi connectivity index (χ0n) is 15.5. The summed E-state index contributed by atoms with van der Waals surface area (Å²) in [5, 5.41) is 0. The topological polar surface area (TPSA) is 38.7 Å². The molecule has 0 unspecified atom stereocenters. The van der Waals surface area contributed by atoms with Crippen LogP contribution in [-0.2, 0) is 0 Å². The maximum atomic E-state index is 4.83. The fourth-order valence-electron chi connectivity index (χ4n) is 4.90. The first kappa shape index (κ1) is 16.7. The van der Waals surface area contributed by atoms with Gasteiger partial charge in [0, 0.05) is 38.4 Å². The van der Waals surface area contributed by atoms with Gasteiger partial charge >= 0.3 is 6.28 Å². The van der Waals surface area contributed by atoms with Gasteiger partial charge in [-0.05, 0) is 47.9 Å². The summed E-state index contributed by atoms with van der Waals surface area (Å²) in [7, 11) is 4.56. The highest BCUT2D eigenvalue weighted by molar-refractivity contribution is 7.09. The number of hydrogen-bond acceptors (Lipinski definition) is 3. The van der Waals surface area contributed by atoms with E-state index in [2.05, 4.69) is 57.4 Å². The lowest BCUT2D eigenvalue weighted by atomic mass is 9.24. The molecule has 0 fully saturated rings. The molecule has 0 amide bonds. The number of hydrogen-bond donors (Lipinski definition) is 0. The Morgan fingerprint density at radius 1 is 0.769 bits per heavy atom. The third-order valence-corrected chi connectivity index (χ3v) is 5.74. The second kappa shape index (κ2) is 6.18. The minimum absolute atomic E-state index is 0.783. The minimum atomic E-state index is -1.41. The van der Waals surface area contributed by atoms with Gasteiger partial charge in [-0.25, -0.2) is 0 Å². The van der Waals surface area contributed by atoms with Crippen molar-refractivity contribution in [2.45, 2.75) is 6.92 Å². The van der Waals surface area contributed by atoms with Crippen molar-refractivity contribution in [3.8, 4) is 0 Å². The number of likely N-dealkylation sites (N-methyl/N-ethyl adjacent to an activating group) is 1. The first-order chi connectivity index (χ1) is 12.6. The van der Waals surface area contributed by atoms with Crippen LogP contribution in [0.2, 0.25) is 0 Å². The number of nitrogens with zero attached hydrogens (tertiary/aromatic N) is 4. The third-order valence-electron chi connectivity index (χ3n) is 5.74. The largest absolute Gasteiger partial charge is 0.503 e. The SMILES string of the molecule is CC1=C(c2ccccn2)[B-](c2ccccn2)(c2ccccn2)[N+](C)(C)C1. The smallest absolute Gasteiger partial charge is 0.327 e. The predicted molar refractivity (Wildman–Crippen MR) is 107 cm³/mol. The van der Waals surface area contributed by atoms with Crippen molar-refractivity contribution in [1.82, 2.24) is 15.0 Å². The molecule has 4 heterocycles. The van der Waals surface area contributed by atoms with Gasteiger partial charge < -0.3 is 4.39 Å². The van der Waals surface area contributed by atoms with Crippen LogP contribution >= 0.6 is 0 Å². The summed E-state index contributed by atoms with van der Waals surface area (Å²) in [5.74, 6) is 0. The Morgan fingerprint density at radius 2 is 1.31 bits per heavy atom. The van der Waals surface area contributed by atoms with Gasteiger partial charge in [-0.15, -0.1) is 5.47 Å². The van der Waals surface area contributed by atoms with Gasteiger partial charge in [0.2, 0.25) is 0 Å². The molecule has 3 aromatic heterocycles. The summed E-state index contributed by atoms with van der Waals surface area (Å²) in [6.45, 7) is 3.17. The summed E-state index contributed by atoms with van der Waals surface area (Å²) in [6, 6.07) is 18.5. The van der Waals surface area contributed by atoms with Crippen molar-refractivity contribution >= 4 is 22.9 Å². The first-order valence-electron chi connectivity index (χ1n) is 9.00. The maximum absolute atomic E-state index is 4.83. The van der Waals surface area contributed by atoms with Crippen LogP contribution in [0.15, 0.2) is 78.8 Å². The standard InChI is InChI=1S/C21H23BN4/c1-17-16-26(2,3)22(19-11-5-8-14-24-19,20-12-6-9-15-25-20)21(17)18-10-4-7-13-23-18/h4-15H,16H2,1-3H3. The molecule has 4 nitrogen and oxygen atoms in total. The number of quaternary nitrogens is 1. The molecule has 130 valence electrons. The van der Waals surface area contributed by atoms with Crippen LogP contribution in [0.3, 0.4) is 0 Å². The van der Waals surface area contributed by atoms with Gasteiger partial charge in [-0.1, -0.05) is 30.3 Å². The van der Waals surface area contributed by atoms with Crippen molar-refractivity contribution in [1.29, 1.82) is 0 Å². The van der Waals surface area contributed by atoms with Crippen molar-refractivity contribution in [2.75, 3.05) is 20.6 Å². The van der Waals surface area contributed by atoms with E-state index >= 15 is 0 Å². The van der Waals surface area contributed by atoms with Crippen LogP contribution in [0.25, 0.3) is 5.47 Å². The zero-order chi connectivity index (χ0) is 18.2. The van der Waals surface area contributed by atoms with Crippen molar-refractivity contribution in [3.05, 3.63) is 84.5 Å². The van der Waals surface area contributed by atoms with Crippen LogP contribution in [-0.4, -0.2) is 46.3 Å². The van der Waals surface area contributed by atoms with Crippen LogP contribution in [0.4, 0.5) is 0 Å². The Bertz CT molecular complexity index is 898. The van der Waals surface area contributed by atoms with E-state index in [9.17, 15) is 0 Å². The summed E-state index contributed by atoms with van der Waals surface area (Å²) in [4.78, 5) is 14.4. The summed E-state index contributed by atoms with van der Waals surface area (Å²) < 4.78 is 0.783. The average Bonchev–Trinajstić information content (AvgIpc) is 2.89. The first-order valence-corrected chi connectivity index (χ1v) is 9.00. The summed E-state index contributed by atoms with van der Waals surface area (Å²) in [5.41, 5.74) is 5.77. The molecule has 3 aromatic rings. The Kier molecular flexibility index (Phi) is 3.96. The van der Waals surface area contributed by atoms with Crippen LogP contribution in [0.5, 0.6) is 0 Å². The van der Waals surface area contributed by atoms with Crippen LogP contribution < -0.4 is 11.2 Å². The molecule has 0 N–H and O–H groups in total. The molecule has 0 saturated carbocycles. The van der Waals surface area contributed by atoms with Gasteiger partial charge in [0.1, 0.15) is 0 Å². The highest BCUT2D eigenvalue weighted by Crippen LogP contribution is 2.39. The average molecular weight is 342 g/mol. The molecular weight excluding hydrogens is 319 g/mol. The number of rotatable bonds is 3.